The van der Waals surface area contributed by atoms with E-state index in [4.69, 9.17) is 4.74 Å². The maximum Gasteiger partial charge on any atom is 0.316 e. The molecule has 3 heteroatoms. The van der Waals surface area contributed by atoms with Crippen molar-refractivity contribution < 1.29 is 14.3 Å². The second kappa shape index (κ2) is 9.08. The van der Waals surface area contributed by atoms with Gasteiger partial charge in [0.1, 0.15) is 11.7 Å². The molecule has 0 heterocycles. The van der Waals surface area contributed by atoms with Crippen molar-refractivity contribution in [3.05, 3.63) is 48.0 Å². The van der Waals surface area contributed by atoms with Crippen LogP contribution in [0.4, 0.5) is 0 Å². The van der Waals surface area contributed by atoms with Crippen LogP contribution in [0.2, 0.25) is 0 Å². The van der Waals surface area contributed by atoms with Crippen LogP contribution in [0.5, 0.6) is 0 Å². The van der Waals surface area contributed by atoms with Crippen LogP contribution < -0.4 is 0 Å². The third-order valence-corrected chi connectivity index (χ3v) is 2.99. The molecular formula is C17H22O3. The van der Waals surface area contributed by atoms with E-state index in [9.17, 15) is 9.59 Å². The average molecular weight is 274 g/mol. The van der Waals surface area contributed by atoms with Crippen LogP contribution in [0.1, 0.15) is 32.3 Å². The number of carbonyl (C=O) groups excluding carboxylic acids is 2. The summed E-state index contributed by atoms with van der Waals surface area (Å²) in [5, 5.41) is 0. The van der Waals surface area contributed by atoms with Gasteiger partial charge in [-0.25, -0.2) is 0 Å². The van der Waals surface area contributed by atoms with Gasteiger partial charge in [-0.05, 0) is 31.7 Å². The molecule has 0 radical (unpaired) electrons. The molecule has 0 N–H and O–H groups in total. The molecule has 1 aromatic rings. The zero-order chi connectivity index (χ0) is 14.8. The molecule has 3 nitrogen and oxygen atoms in total. The number of carbonyl (C=O) groups is 2. The fourth-order valence-electron chi connectivity index (χ4n) is 1.86. The molecule has 0 aromatic heterocycles. The zero-order valence-electron chi connectivity index (χ0n) is 12.2. The standard InChI is InChI=1S/C17H22O3/c1-3-4-5-9-12-20-17(19)16(14(2)18)13-15-10-7-6-8-11-15/h4-8,10-11,16H,3,9,12-13H2,1-2H3/b5-4-. The van der Waals surface area contributed by atoms with Crippen molar-refractivity contribution in [2.24, 2.45) is 5.92 Å². The molecule has 0 aliphatic heterocycles. The summed E-state index contributed by atoms with van der Waals surface area (Å²) in [5.41, 5.74) is 0.968. The predicted octanol–water partition coefficient (Wildman–Crippen LogP) is 3.33. The molecule has 0 aliphatic rings. The van der Waals surface area contributed by atoms with E-state index in [1.807, 2.05) is 49.4 Å². The third-order valence-electron chi connectivity index (χ3n) is 2.99. The van der Waals surface area contributed by atoms with Crippen LogP contribution in [0, 0.1) is 5.92 Å². The number of rotatable bonds is 8. The Morgan fingerprint density at radius 1 is 1.20 bits per heavy atom. The number of allylic oxidation sites excluding steroid dienone is 1. The van der Waals surface area contributed by atoms with E-state index in [0.29, 0.717) is 19.4 Å². The van der Waals surface area contributed by atoms with Crippen molar-refractivity contribution in [3.8, 4) is 0 Å². The minimum Gasteiger partial charge on any atom is -0.465 e. The van der Waals surface area contributed by atoms with Crippen LogP contribution >= 0.6 is 0 Å². The molecule has 0 saturated heterocycles. The van der Waals surface area contributed by atoms with Gasteiger partial charge in [0.15, 0.2) is 0 Å². The first-order chi connectivity index (χ1) is 9.65. The number of hydrogen-bond donors (Lipinski definition) is 0. The van der Waals surface area contributed by atoms with Crippen molar-refractivity contribution >= 4 is 11.8 Å². The quantitative estimate of drug-likeness (QED) is 0.316. The monoisotopic (exact) mass is 274 g/mol. The molecule has 0 spiro atoms. The number of benzene rings is 1. The molecule has 1 aromatic carbocycles. The largest absolute Gasteiger partial charge is 0.465 e. The first kappa shape index (κ1) is 16.2. The highest BCUT2D eigenvalue weighted by Gasteiger charge is 2.24. The summed E-state index contributed by atoms with van der Waals surface area (Å²) in [4.78, 5) is 23.6. The summed E-state index contributed by atoms with van der Waals surface area (Å²) in [6, 6.07) is 9.52. The SMILES string of the molecule is CC/C=C\CCOC(=O)C(Cc1ccccc1)C(C)=O. The number of ketones is 1. The van der Waals surface area contributed by atoms with Crippen molar-refractivity contribution in [1.29, 1.82) is 0 Å². The van der Waals surface area contributed by atoms with Gasteiger partial charge in [-0.2, -0.15) is 0 Å². The summed E-state index contributed by atoms with van der Waals surface area (Å²) in [6.45, 7) is 3.81. The molecule has 1 unspecified atom stereocenters. The Hall–Kier alpha value is -1.90. The molecule has 0 bridgehead atoms. The molecule has 1 atom stereocenters. The maximum atomic E-state index is 12.0. The highest BCUT2D eigenvalue weighted by Crippen LogP contribution is 2.12. The Morgan fingerprint density at radius 2 is 1.90 bits per heavy atom. The van der Waals surface area contributed by atoms with Gasteiger partial charge in [0.25, 0.3) is 0 Å². The van der Waals surface area contributed by atoms with Gasteiger partial charge in [-0.1, -0.05) is 49.4 Å². The summed E-state index contributed by atoms with van der Waals surface area (Å²) >= 11 is 0. The molecule has 108 valence electrons. The minimum atomic E-state index is -0.701. The van der Waals surface area contributed by atoms with E-state index in [1.54, 1.807) is 0 Å². The lowest BCUT2D eigenvalue weighted by Gasteiger charge is -2.13. The molecule has 0 saturated carbocycles. The van der Waals surface area contributed by atoms with E-state index in [1.165, 1.54) is 6.92 Å². The molecule has 0 aliphatic carbocycles. The van der Waals surface area contributed by atoms with Crippen LogP contribution in [0.25, 0.3) is 0 Å². The van der Waals surface area contributed by atoms with E-state index >= 15 is 0 Å². The maximum absolute atomic E-state index is 12.0. The zero-order valence-corrected chi connectivity index (χ0v) is 12.2. The number of Topliss-reactive ketones (excluding diaryl/α,β-unsaturated/α-hetero) is 1. The molecular weight excluding hydrogens is 252 g/mol. The second-order valence-corrected chi connectivity index (χ2v) is 4.69. The second-order valence-electron chi connectivity index (χ2n) is 4.69. The summed E-state index contributed by atoms with van der Waals surface area (Å²) in [7, 11) is 0. The van der Waals surface area contributed by atoms with Gasteiger partial charge < -0.3 is 4.74 Å². The van der Waals surface area contributed by atoms with Gasteiger partial charge in [0, 0.05) is 0 Å². The van der Waals surface area contributed by atoms with Gasteiger partial charge in [0.05, 0.1) is 6.61 Å². The Bertz CT molecular complexity index is 449. The van der Waals surface area contributed by atoms with E-state index in [-0.39, 0.29) is 5.78 Å². The lowest BCUT2D eigenvalue weighted by Crippen LogP contribution is -2.26. The molecule has 0 amide bonds. The van der Waals surface area contributed by atoms with Crippen molar-refractivity contribution in [2.45, 2.75) is 33.1 Å². The summed E-state index contributed by atoms with van der Waals surface area (Å²) in [6.07, 6.45) is 6.07. The summed E-state index contributed by atoms with van der Waals surface area (Å²) < 4.78 is 5.17. The van der Waals surface area contributed by atoms with Crippen LogP contribution in [0.15, 0.2) is 42.5 Å². The van der Waals surface area contributed by atoms with Gasteiger partial charge in [0.2, 0.25) is 0 Å². The third kappa shape index (κ3) is 5.83. The van der Waals surface area contributed by atoms with Gasteiger partial charge in [-0.15, -0.1) is 0 Å². The summed E-state index contributed by atoms with van der Waals surface area (Å²) in [5.74, 6) is -1.28. The fourth-order valence-corrected chi connectivity index (χ4v) is 1.86. The highest BCUT2D eigenvalue weighted by atomic mass is 16.5. The average Bonchev–Trinajstić information content (AvgIpc) is 2.45. The van der Waals surface area contributed by atoms with Crippen LogP contribution in [-0.4, -0.2) is 18.4 Å². The topological polar surface area (TPSA) is 43.4 Å². The molecule has 1 rings (SSSR count). The molecule has 0 fully saturated rings. The highest BCUT2D eigenvalue weighted by molar-refractivity contribution is 5.98. The Balaban J connectivity index is 2.51. The number of ether oxygens (including phenoxy) is 1. The van der Waals surface area contributed by atoms with Crippen molar-refractivity contribution in [2.75, 3.05) is 6.61 Å². The Kier molecular flexibility index (Phi) is 7.33. The number of esters is 1. The van der Waals surface area contributed by atoms with Crippen LogP contribution in [-0.2, 0) is 20.7 Å². The van der Waals surface area contributed by atoms with E-state index < -0.39 is 11.9 Å². The minimum absolute atomic E-state index is 0.150. The lowest BCUT2D eigenvalue weighted by molar-refractivity contribution is -0.151. The first-order valence-electron chi connectivity index (χ1n) is 7.01. The van der Waals surface area contributed by atoms with E-state index in [2.05, 4.69) is 0 Å². The molecule has 20 heavy (non-hydrogen) atoms. The lowest BCUT2D eigenvalue weighted by atomic mass is 9.96. The Morgan fingerprint density at radius 3 is 2.50 bits per heavy atom. The normalized spacial score (nSPS) is 12.3. The van der Waals surface area contributed by atoms with Crippen LogP contribution in [0.3, 0.4) is 0 Å². The fraction of sp³-hybridized carbons (Fsp3) is 0.412. The van der Waals surface area contributed by atoms with Gasteiger partial charge in [-0.3, -0.25) is 9.59 Å². The van der Waals surface area contributed by atoms with Gasteiger partial charge >= 0.3 is 5.97 Å². The number of hydrogen-bond acceptors (Lipinski definition) is 3. The first-order valence-corrected chi connectivity index (χ1v) is 7.01. The van der Waals surface area contributed by atoms with E-state index in [0.717, 1.165) is 12.0 Å². The van der Waals surface area contributed by atoms with Crippen molar-refractivity contribution in [1.82, 2.24) is 0 Å². The van der Waals surface area contributed by atoms with Crippen molar-refractivity contribution in [3.63, 3.8) is 0 Å². The predicted molar refractivity (Wildman–Crippen MR) is 79.3 cm³/mol. The smallest absolute Gasteiger partial charge is 0.316 e. The Labute approximate surface area is 120 Å².